The van der Waals surface area contributed by atoms with Gasteiger partial charge < -0.3 is 4.90 Å². The summed E-state index contributed by atoms with van der Waals surface area (Å²) in [6.07, 6.45) is 1.51. The molecule has 19 heavy (non-hydrogen) atoms. The van der Waals surface area contributed by atoms with Gasteiger partial charge in [0, 0.05) is 25.6 Å². The van der Waals surface area contributed by atoms with E-state index in [9.17, 15) is 9.18 Å². The number of benzene rings is 1. The molecule has 3 nitrogen and oxygen atoms in total. The molecule has 1 atom stereocenters. The molecule has 0 aliphatic carbocycles. The Kier molecular flexibility index (Phi) is 4.66. The molecular weight excluding hydrogens is 243 g/mol. The van der Waals surface area contributed by atoms with E-state index in [0.717, 1.165) is 25.1 Å². The summed E-state index contributed by atoms with van der Waals surface area (Å²) in [6, 6.07) is 6.72. The first kappa shape index (κ1) is 14.2. The van der Waals surface area contributed by atoms with Crippen LogP contribution < -0.4 is 0 Å². The van der Waals surface area contributed by atoms with Crippen LogP contribution in [0, 0.1) is 5.82 Å². The van der Waals surface area contributed by atoms with Crippen molar-refractivity contribution < 1.29 is 9.18 Å². The van der Waals surface area contributed by atoms with Gasteiger partial charge in [-0.3, -0.25) is 9.69 Å². The van der Waals surface area contributed by atoms with Gasteiger partial charge in [0.05, 0.1) is 6.54 Å². The van der Waals surface area contributed by atoms with Crippen LogP contribution in [0.4, 0.5) is 4.39 Å². The minimum Gasteiger partial charge on any atom is -0.305 e. The van der Waals surface area contributed by atoms with Gasteiger partial charge in [0.25, 0.3) is 0 Å². The highest BCUT2D eigenvalue weighted by Crippen LogP contribution is 2.13. The van der Waals surface area contributed by atoms with E-state index in [1.807, 2.05) is 0 Å². The van der Waals surface area contributed by atoms with Gasteiger partial charge in [-0.1, -0.05) is 12.1 Å². The summed E-state index contributed by atoms with van der Waals surface area (Å²) < 4.78 is 12.8. The summed E-state index contributed by atoms with van der Waals surface area (Å²) in [7, 11) is 4.16. The Morgan fingerprint density at radius 2 is 2.05 bits per heavy atom. The second kappa shape index (κ2) is 6.26. The lowest BCUT2D eigenvalue weighted by atomic mass is 10.1. The molecule has 0 radical (unpaired) electrons. The van der Waals surface area contributed by atoms with E-state index in [1.165, 1.54) is 12.1 Å². The highest BCUT2D eigenvalue weighted by Gasteiger charge is 2.25. The topological polar surface area (TPSA) is 23.6 Å². The van der Waals surface area contributed by atoms with Crippen LogP contribution in [0.1, 0.15) is 12.0 Å². The van der Waals surface area contributed by atoms with E-state index in [2.05, 4.69) is 23.9 Å². The van der Waals surface area contributed by atoms with Crippen molar-refractivity contribution in [3.05, 3.63) is 35.6 Å². The quantitative estimate of drug-likeness (QED) is 0.806. The lowest BCUT2D eigenvalue weighted by Crippen LogP contribution is -2.34. The molecule has 1 aromatic carbocycles. The van der Waals surface area contributed by atoms with Crippen molar-refractivity contribution in [3.8, 4) is 0 Å². The maximum atomic E-state index is 12.8. The number of rotatable bonds is 5. The van der Waals surface area contributed by atoms with Crippen molar-refractivity contribution >= 4 is 5.78 Å². The molecule has 104 valence electrons. The third-order valence-electron chi connectivity index (χ3n) is 3.69. The van der Waals surface area contributed by atoms with E-state index in [4.69, 9.17) is 0 Å². The first-order valence-corrected chi connectivity index (χ1v) is 6.69. The van der Waals surface area contributed by atoms with Crippen molar-refractivity contribution in [2.75, 3.05) is 33.7 Å². The maximum absolute atomic E-state index is 12.8. The number of carbonyl (C=O) groups excluding carboxylic acids is 1. The molecule has 0 amide bonds. The number of carbonyl (C=O) groups is 1. The normalized spacial score (nSPS) is 20.1. The van der Waals surface area contributed by atoms with Gasteiger partial charge >= 0.3 is 0 Å². The summed E-state index contributed by atoms with van der Waals surface area (Å²) in [5.74, 6) is -0.0596. The van der Waals surface area contributed by atoms with E-state index in [-0.39, 0.29) is 11.6 Å². The number of hydrogen-bond donors (Lipinski definition) is 0. The zero-order valence-electron chi connectivity index (χ0n) is 11.6. The fraction of sp³-hybridized carbons (Fsp3) is 0.533. The lowest BCUT2D eigenvalue weighted by molar-refractivity contribution is -0.119. The second-order valence-electron chi connectivity index (χ2n) is 5.48. The Morgan fingerprint density at radius 1 is 1.37 bits per heavy atom. The number of ketones is 1. The summed E-state index contributed by atoms with van der Waals surface area (Å²) in [4.78, 5) is 16.4. The summed E-state index contributed by atoms with van der Waals surface area (Å²) in [5.41, 5.74) is 0.884. The molecule has 2 rings (SSSR count). The Bertz CT molecular complexity index is 430. The van der Waals surface area contributed by atoms with Gasteiger partial charge in [-0.25, -0.2) is 4.39 Å². The van der Waals surface area contributed by atoms with Crippen LogP contribution in [0.15, 0.2) is 24.3 Å². The molecule has 1 unspecified atom stereocenters. The monoisotopic (exact) mass is 264 g/mol. The van der Waals surface area contributed by atoms with E-state index in [1.54, 1.807) is 12.1 Å². The zero-order chi connectivity index (χ0) is 13.8. The summed E-state index contributed by atoms with van der Waals surface area (Å²) >= 11 is 0. The van der Waals surface area contributed by atoms with Gasteiger partial charge in [0.1, 0.15) is 5.82 Å². The van der Waals surface area contributed by atoms with Crippen molar-refractivity contribution in [1.29, 1.82) is 0 Å². The van der Waals surface area contributed by atoms with E-state index < -0.39 is 0 Å². The average molecular weight is 264 g/mol. The SMILES string of the molecule is CN(C)C1CCN(CC(=O)Cc2ccc(F)cc2)C1. The smallest absolute Gasteiger partial charge is 0.151 e. The molecule has 0 spiro atoms. The number of halogens is 1. The Morgan fingerprint density at radius 3 is 2.63 bits per heavy atom. The van der Waals surface area contributed by atoms with E-state index >= 15 is 0 Å². The average Bonchev–Trinajstić information content (AvgIpc) is 2.80. The van der Waals surface area contributed by atoms with Crippen LogP contribution in [-0.4, -0.2) is 55.4 Å². The van der Waals surface area contributed by atoms with Crippen LogP contribution in [0.3, 0.4) is 0 Å². The molecule has 1 saturated heterocycles. The molecule has 1 aliphatic rings. The van der Waals surface area contributed by atoms with Crippen molar-refractivity contribution in [2.45, 2.75) is 18.9 Å². The molecule has 0 aromatic heterocycles. The Labute approximate surface area is 114 Å². The first-order valence-electron chi connectivity index (χ1n) is 6.69. The minimum atomic E-state index is -0.260. The molecule has 1 fully saturated rings. The summed E-state index contributed by atoms with van der Waals surface area (Å²) in [5, 5.41) is 0. The first-order chi connectivity index (χ1) is 9.04. The molecule has 1 aliphatic heterocycles. The van der Waals surface area contributed by atoms with E-state index in [0.29, 0.717) is 19.0 Å². The Balaban J connectivity index is 1.80. The molecule has 0 saturated carbocycles. The van der Waals surface area contributed by atoms with Crippen molar-refractivity contribution in [2.24, 2.45) is 0 Å². The van der Waals surface area contributed by atoms with Gasteiger partial charge in [0.15, 0.2) is 5.78 Å². The Hall–Kier alpha value is -1.26. The van der Waals surface area contributed by atoms with Crippen molar-refractivity contribution in [1.82, 2.24) is 9.80 Å². The predicted molar refractivity (Wildman–Crippen MR) is 73.6 cm³/mol. The highest BCUT2D eigenvalue weighted by molar-refractivity contribution is 5.82. The third kappa shape index (κ3) is 4.11. The number of hydrogen-bond acceptors (Lipinski definition) is 3. The maximum Gasteiger partial charge on any atom is 0.151 e. The zero-order valence-corrected chi connectivity index (χ0v) is 11.6. The molecule has 0 bridgehead atoms. The lowest BCUT2D eigenvalue weighted by Gasteiger charge is -2.19. The van der Waals surface area contributed by atoms with Crippen LogP contribution >= 0.6 is 0 Å². The molecule has 4 heteroatoms. The fourth-order valence-corrected chi connectivity index (χ4v) is 2.51. The molecule has 0 N–H and O–H groups in total. The van der Waals surface area contributed by atoms with Crippen LogP contribution in [0.25, 0.3) is 0 Å². The van der Waals surface area contributed by atoms with Crippen LogP contribution in [-0.2, 0) is 11.2 Å². The molecular formula is C15H21FN2O. The number of nitrogens with zero attached hydrogens (tertiary/aromatic N) is 2. The minimum absolute atomic E-state index is 0.200. The molecule has 1 aromatic rings. The summed E-state index contributed by atoms with van der Waals surface area (Å²) in [6.45, 7) is 2.45. The standard InChI is InChI=1S/C15H21FN2O/c1-17(2)14-7-8-18(10-14)11-15(19)9-12-3-5-13(16)6-4-12/h3-6,14H,7-11H2,1-2H3. The van der Waals surface area contributed by atoms with Gasteiger partial charge in [0.2, 0.25) is 0 Å². The molecule has 1 heterocycles. The predicted octanol–water partition coefficient (Wildman–Crippen LogP) is 1.57. The van der Waals surface area contributed by atoms with Crippen molar-refractivity contribution in [3.63, 3.8) is 0 Å². The highest BCUT2D eigenvalue weighted by atomic mass is 19.1. The van der Waals surface area contributed by atoms with Crippen LogP contribution in [0.2, 0.25) is 0 Å². The van der Waals surface area contributed by atoms with Crippen LogP contribution in [0.5, 0.6) is 0 Å². The number of Topliss-reactive ketones (excluding diaryl/α,β-unsaturated/α-hetero) is 1. The third-order valence-corrected chi connectivity index (χ3v) is 3.69. The number of likely N-dealkylation sites (N-methyl/N-ethyl adjacent to an activating group) is 1. The van der Waals surface area contributed by atoms with Gasteiger partial charge in [-0.15, -0.1) is 0 Å². The largest absolute Gasteiger partial charge is 0.305 e. The fourth-order valence-electron chi connectivity index (χ4n) is 2.51. The second-order valence-corrected chi connectivity index (χ2v) is 5.48. The number of likely N-dealkylation sites (tertiary alicyclic amines) is 1. The van der Waals surface area contributed by atoms with Gasteiger partial charge in [-0.2, -0.15) is 0 Å². The van der Waals surface area contributed by atoms with Gasteiger partial charge in [-0.05, 0) is 38.2 Å².